The van der Waals surface area contributed by atoms with Gasteiger partial charge in [-0.3, -0.25) is 0 Å². The zero-order valence-electron chi connectivity index (χ0n) is 10.6. The molecule has 92 valence electrons. The zero-order valence-corrected chi connectivity index (χ0v) is 10.6. The highest BCUT2D eigenvalue weighted by atomic mass is 16.3. The lowest BCUT2D eigenvalue weighted by Gasteiger charge is -2.32. The summed E-state index contributed by atoms with van der Waals surface area (Å²) in [6, 6.07) is 12.1. The van der Waals surface area contributed by atoms with Crippen molar-refractivity contribution in [1.29, 1.82) is 5.26 Å². The molecule has 0 radical (unpaired) electrons. The van der Waals surface area contributed by atoms with Gasteiger partial charge >= 0.3 is 0 Å². The first-order valence-electron chi connectivity index (χ1n) is 5.98. The molecule has 17 heavy (non-hydrogen) atoms. The molecule has 0 fully saturated rings. The van der Waals surface area contributed by atoms with Gasteiger partial charge in [0.2, 0.25) is 0 Å². The summed E-state index contributed by atoms with van der Waals surface area (Å²) in [7, 11) is 0. The molecule has 3 heteroatoms. The molecule has 1 N–H and O–H groups in total. The maximum absolute atomic E-state index is 10.1. The summed E-state index contributed by atoms with van der Waals surface area (Å²) in [5.41, 5.74) is 0.335. The molecule has 1 unspecified atom stereocenters. The zero-order chi connectivity index (χ0) is 12.7. The van der Waals surface area contributed by atoms with Crippen molar-refractivity contribution in [2.24, 2.45) is 0 Å². The van der Waals surface area contributed by atoms with Crippen LogP contribution in [0.2, 0.25) is 0 Å². The summed E-state index contributed by atoms with van der Waals surface area (Å²) in [4.78, 5) is 2.06. The molecule has 0 aliphatic carbocycles. The van der Waals surface area contributed by atoms with Crippen molar-refractivity contribution in [3.05, 3.63) is 30.3 Å². The van der Waals surface area contributed by atoms with Crippen molar-refractivity contribution in [2.75, 3.05) is 18.0 Å². The number of hydrogen-bond acceptors (Lipinski definition) is 3. The molecule has 0 aliphatic rings. The fourth-order valence-corrected chi connectivity index (χ4v) is 1.65. The van der Waals surface area contributed by atoms with Gasteiger partial charge in [-0.05, 0) is 25.5 Å². The highest BCUT2D eigenvalue weighted by Gasteiger charge is 2.21. The van der Waals surface area contributed by atoms with Gasteiger partial charge in [0.15, 0.2) is 0 Å². The molecule has 0 saturated carbocycles. The third kappa shape index (κ3) is 4.46. The van der Waals surface area contributed by atoms with Crippen molar-refractivity contribution in [2.45, 2.75) is 32.3 Å². The number of para-hydroxylation sites is 1. The summed E-state index contributed by atoms with van der Waals surface area (Å²) in [6.07, 6.45) is 1.16. The number of anilines is 1. The van der Waals surface area contributed by atoms with Gasteiger partial charge in [0.05, 0.1) is 18.1 Å². The third-order valence-electron chi connectivity index (χ3n) is 2.91. The van der Waals surface area contributed by atoms with Crippen LogP contribution in [-0.4, -0.2) is 23.8 Å². The molecular weight excluding hydrogens is 212 g/mol. The van der Waals surface area contributed by atoms with E-state index in [1.165, 1.54) is 0 Å². The standard InChI is InChI=1S/C14H20N2O/c1-3-14(2,17)12-16(11-7-10-15)13-8-5-4-6-9-13/h4-6,8-9,17H,3,7,11-12H2,1-2H3. The summed E-state index contributed by atoms with van der Waals surface area (Å²) in [6.45, 7) is 4.99. The highest BCUT2D eigenvalue weighted by Crippen LogP contribution is 2.18. The Labute approximate surface area is 103 Å². The highest BCUT2D eigenvalue weighted by molar-refractivity contribution is 5.46. The second kappa shape index (κ2) is 6.27. The molecule has 0 amide bonds. The number of hydrogen-bond donors (Lipinski definition) is 1. The van der Waals surface area contributed by atoms with Crippen LogP contribution in [0.25, 0.3) is 0 Å². The summed E-state index contributed by atoms with van der Waals surface area (Å²) >= 11 is 0. The van der Waals surface area contributed by atoms with E-state index < -0.39 is 5.60 Å². The van der Waals surface area contributed by atoms with Gasteiger partial charge < -0.3 is 10.0 Å². The normalized spacial score (nSPS) is 13.8. The fourth-order valence-electron chi connectivity index (χ4n) is 1.65. The van der Waals surface area contributed by atoms with Gasteiger partial charge in [0.1, 0.15) is 0 Å². The minimum Gasteiger partial charge on any atom is -0.388 e. The molecular formula is C14H20N2O. The Morgan fingerprint density at radius 1 is 1.35 bits per heavy atom. The summed E-state index contributed by atoms with van der Waals surface area (Å²) < 4.78 is 0. The average molecular weight is 232 g/mol. The molecule has 1 aromatic carbocycles. The van der Waals surface area contributed by atoms with Crippen LogP contribution in [0, 0.1) is 11.3 Å². The van der Waals surface area contributed by atoms with Crippen LogP contribution in [0.15, 0.2) is 30.3 Å². The van der Waals surface area contributed by atoms with Crippen molar-refractivity contribution < 1.29 is 5.11 Å². The first kappa shape index (κ1) is 13.5. The van der Waals surface area contributed by atoms with E-state index in [2.05, 4.69) is 11.0 Å². The predicted molar refractivity (Wildman–Crippen MR) is 69.8 cm³/mol. The molecule has 1 rings (SSSR count). The summed E-state index contributed by atoms with van der Waals surface area (Å²) in [5, 5.41) is 18.8. The minimum absolute atomic E-state index is 0.467. The van der Waals surface area contributed by atoms with Gasteiger partial charge in [-0.15, -0.1) is 0 Å². The fraction of sp³-hybridized carbons (Fsp3) is 0.500. The third-order valence-corrected chi connectivity index (χ3v) is 2.91. The maximum atomic E-state index is 10.1. The van der Waals surface area contributed by atoms with Crippen molar-refractivity contribution in [1.82, 2.24) is 0 Å². The Bertz CT molecular complexity index is 368. The van der Waals surface area contributed by atoms with E-state index in [0.29, 0.717) is 25.9 Å². The largest absolute Gasteiger partial charge is 0.388 e. The lowest BCUT2D eigenvalue weighted by Crippen LogP contribution is -2.41. The SMILES string of the molecule is CCC(C)(O)CN(CCC#N)c1ccccc1. The van der Waals surface area contributed by atoms with Crippen LogP contribution < -0.4 is 4.90 Å². The summed E-state index contributed by atoms with van der Waals surface area (Å²) in [5.74, 6) is 0. The van der Waals surface area contributed by atoms with Crippen molar-refractivity contribution in [3.63, 3.8) is 0 Å². The van der Waals surface area contributed by atoms with Crippen LogP contribution in [0.3, 0.4) is 0 Å². The number of aliphatic hydroxyl groups is 1. The monoisotopic (exact) mass is 232 g/mol. The van der Waals surface area contributed by atoms with Gasteiger partial charge in [-0.2, -0.15) is 5.26 Å². The first-order valence-corrected chi connectivity index (χ1v) is 5.98. The molecule has 0 spiro atoms. The van der Waals surface area contributed by atoms with E-state index in [9.17, 15) is 5.11 Å². The van der Waals surface area contributed by atoms with Gasteiger partial charge in [0, 0.05) is 18.8 Å². The first-order chi connectivity index (χ1) is 8.09. The number of rotatable bonds is 6. The molecule has 0 aromatic heterocycles. The topological polar surface area (TPSA) is 47.3 Å². The molecule has 0 aliphatic heterocycles. The Morgan fingerprint density at radius 3 is 2.53 bits per heavy atom. The maximum Gasteiger partial charge on any atom is 0.0791 e. The van der Waals surface area contributed by atoms with Crippen LogP contribution in [0.5, 0.6) is 0 Å². The second-order valence-corrected chi connectivity index (χ2v) is 4.52. The van der Waals surface area contributed by atoms with E-state index in [1.54, 1.807) is 0 Å². The van der Waals surface area contributed by atoms with Gasteiger partial charge in [-0.25, -0.2) is 0 Å². The van der Waals surface area contributed by atoms with E-state index in [4.69, 9.17) is 5.26 Å². The van der Waals surface area contributed by atoms with E-state index in [1.807, 2.05) is 44.2 Å². The Balaban J connectivity index is 2.78. The molecule has 1 aromatic rings. The van der Waals surface area contributed by atoms with E-state index in [-0.39, 0.29) is 0 Å². The number of nitrogens with zero attached hydrogens (tertiary/aromatic N) is 2. The predicted octanol–water partition coefficient (Wildman–Crippen LogP) is 2.57. The van der Waals surface area contributed by atoms with Crippen molar-refractivity contribution >= 4 is 5.69 Å². The van der Waals surface area contributed by atoms with E-state index >= 15 is 0 Å². The Hall–Kier alpha value is -1.53. The van der Waals surface area contributed by atoms with Crippen LogP contribution in [-0.2, 0) is 0 Å². The Kier molecular flexibility index (Phi) is 4.99. The lowest BCUT2D eigenvalue weighted by atomic mass is 10.0. The molecule has 3 nitrogen and oxygen atoms in total. The quantitative estimate of drug-likeness (QED) is 0.820. The molecule has 0 bridgehead atoms. The molecule has 1 atom stereocenters. The van der Waals surface area contributed by atoms with Crippen molar-refractivity contribution in [3.8, 4) is 6.07 Å². The molecule has 0 heterocycles. The minimum atomic E-state index is -0.717. The van der Waals surface area contributed by atoms with Gasteiger partial charge in [0.25, 0.3) is 0 Å². The van der Waals surface area contributed by atoms with Crippen LogP contribution >= 0.6 is 0 Å². The lowest BCUT2D eigenvalue weighted by molar-refractivity contribution is 0.0630. The van der Waals surface area contributed by atoms with E-state index in [0.717, 1.165) is 5.69 Å². The second-order valence-electron chi connectivity index (χ2n) is 4.52. The average Bonchev–Trinajstić information content (AvgIpc) is 2.35. The van der Waals surface area contributed by atoms with Gasteiger partial charge in [-0.1, -0.05) is 25.1 Å². The van der Waals surface area contributed by atoms with Crippen LogP contribution in [0.1, 0.15) is 26.7 Å². The number of nitriles is 1. The molecule has 0 saturated heterocycles. The smallest absolute Gasteiger partial charge is 0.0791 e. The number of benzene rings is 1. The Morgan fingerprint density at radius 2 is 2.00 bits per heavy atom. The van der Waals surface area contributed by atoms with Crippen LogP contribution in [0.4, 0.5) is 5.69 Å².